The molecule has 0 aliphatic heterocycles. The van der Waals surface area contributed by atoms with Gasteiger partial charge in [0.15, 0.2) is 5.13 Å². The van der Waals surface area contributed by atoms with Gasteiger partial charge in [0.05, 0.1) is 0 Å². The van der Waals surface area contributed by atoms with Crippen molar-refractivity contribution in [3.8, 4) is 0 Å². The molecule has 0 radical (unpaired) electrons. The zero-order valence-corrected chi connectivity index (χ0v) is 15.0. The van der Waals surface area contributed by atoms with Crippen molar-refractivity contribution in [3.63, 3.8) is 0 Å². The Kier molecular flexibility index (Phi) is 5.40. The minimum absolute atomic E-state index is 0.0203. The normalized spacial score (nSPS) is 11.8. The minimum Gasteiger partial charge on any atom is -0.348 e. The van der Waals surface area contributed by atoms with Gasteiger partial charge in [-0.1, -0.05) is 18.2 Å². The molecule has 2 aromatic heterocycles. The Bertz CT molecular complexity index is 820. The van der Waals surface area contributed by atoms with E-state index in [2.05, 4.69) is 15.3 Å². The number of amides is 1. The minimum atomic E-state index is -0.148. The summed E-state index contributed by atoms with van der Waals surface area (Å²) in [5.41, 5.74) is 2.63. The van der Waals surface area contributed by atoms with Crippen LogP contribution in [0.2, 0.25) is 0 Å². The van der Waals surface area contributed by atoms with Crippen molar-refractivity contribution >= 4 is 28.1 Å². The third-order valence-electron chi connectivity index (χ3n) is 3.82. The maximum absolute atomic E-state index is 12.4. The van der Waals surface area contributed by atoms with Crippen LogP contribution in [0, 0.1) is 0 Å². The van der Waals surface area contributed by atoms with Gasteiger partial charge >= 0.3 is 0 Å². The smallest absolute Gasteiger partial charge is 0.271 e. The monoisotopic (exact) mass is 352 g/mol. The largest absolute Gasteiger partial charge is 0.348 e. The molecule has 1 amide bonds. The van der Waals surface area contributed by atoms with Crippen LogP contribution in [0.1, 0.15) is 23.0 Å². The Labute approximate surface area is 151 Å². The van der Waals surface area contributed by atoms with Gasteiger partial charge in [-0.3, -0.25) is 9.78 Å². The first-order valence-corrected chi connectivity index (χ1v) is 8.95. The third-order valence-corrected chi connectivity index (χ3v) is 4.74. The predicted octanol–water partition coefficient (Wildman–Crippen LogP) is 3.67. The molecule has 0 bridgehead atoms. The van der Waals surface area contributed by atoms with Crippen molar-refractivity contribution in [1.82, 2.24) is 15.3 Å². The number of benzene rings is 1. The zero-order valence-electron chi connectivity index (χ0n) is 14.2. The molecule has 25 heavy (non-hydrogen) atoms. The molecule has 128 valence electrons. The molecule has 3 rings (SSSR count). The SMILES string of the molecule is CC(Cc1ccncc1)NC(=O)c1csc(N(C)c2ccccc2)n1. The highest BCUT2D eigenvalue weighted by Crippen LogP contribution is 2.26. The van der Waals surface area contributed by atoms with E-state index in [4.69, 9.17) is 0 Å². The maximum atomic E-state index is 12.4. The average Bonchev–Trinajstić information content (AvgIpc) is 3.13. The Morgan fingerprint density at radius 3 is 2.64 bits per heavy atom. The second-order valence-corrected chi connectivity index (χ2v) is 6.68. The fourth-order valence-electron chi connectivity index (χ4n) is 2.51. The molecule has 0 spiro atoms. The predicted molar refractivity (Wildman–Crippen MR) is 101 cm³/mol. The van der Waals surface area contributed by atoms with Crippen molar-refractivity contribution < 1.29 is 4.79 Å². The first kappa shape index (κ1) is 17.1. The van der Waals surface area contributed by atoms with Crippen LogP contribution in [0.5, 0.6) is 0 Å². The molecule has 1 atom stereocenters. The summed E-state index contributed by atoms with van der Waals surface area (Å²) in [7, 11) is 1.95. The molecule has 2 heterocycles. The third kappa shape index (κ3) is 4.42. The van der Waals surface area contributed by atoms with E-state index in [1.165, 1.54) is 11.3 Å². The van der Waals surface area contributed by atoms with Gasteiger partial charge in [-0.25, -0.2) is 4.98 Å². The number of anilines is 2. The van der Waals surface area contributed by atoms with Crippen LogP contribution < -0.4 is 10.2 Å². The molecule has 0 aliphatic rings. The number of aromatic nitrogens is 2. The Morgan fingerprint density at radius 1 is 1.20 bits per heavy atom. The molecular formula is C19H20N4OS. The van der Waals surface area contributed by atoms with Gasteiger partial charge in [0.25, 0.3) is 5.91 Å². The summed E-state index contributed by atoms with van der Waals surface area (Å²) in [4.78, 5) is 22.9. The van der Waals surface area contributed by atoms with Crippen LogP contribution in [0.15, 0.2) is 60.2 Å². The van der Waals surface area contributed by atoms with E-state index in [1.54, 1.807) is 17.8 Å². The van der Waals surface area contributed by atoms with E-state index >= 15 is 0 Å². The van der Waals surface area contributed by atoms with Crippen LogP contribution in [0.3, 0.4) is 0 Å². The molecule has 0 saturated carbocycles. The van der Waals surface area contributed by atoms with Gasteiger partial charge < -0.3 is 10.2 Å². The molecule has 3 aromatic rings. The van der Waals surface area contributed by atoms with E-state index < -0.39 is 0 Å². The lowest BCUT2D eigenvalue weighted by atomic mass is 10.1. The summed E-state index contributed by atoms with van der Waals surface area (Å²) in [6.45, 7) is 1.99. The van der Waals surface area contributed by atoms with Crippen molar-refractivity contribution in [2.45, 2.75) is 19.4 Å². The number of rotatable bonds is 6. The number of hydrogen-bond acceptors (Lipinski definition) is 5. The topological polar surface area (TPSA) is 58.1 Å². The number of carbonyl (C=O) groups is 1. The summed E-state index contributed by atoms with van der Waals surface area (Å²) >= 11 is 1.46. The second kappa shape index (κ2) is 7.90. The average molecular weight is 352 g/mol. The summed E-state index contributed by atoms with van der Waals surface area (Å²) in [6.07, 6.45) is 4.28. The number of carbonyl (C=O) groups excluding carboxylic acids is 1. The van der Waals surface area contributed by atoms with Gasteiger partial charge in [0.2, 0.25) is 0 Å². The summed E-state index contributed by atoms with van der Waals surface area (Å²) < 4.78 is 0. The van der Waals surface area contributed by atoms with Gasteiger partial charge in [-0.2, -0.15) is 0 Å². The van der Waals surface area contributed by atoms with Gasteiger partial charge in [0, 0.05) is 36.6 Å². The Balaban J connectivity index is 1.62. The highest BCUT2D eigenvalue weighted by molar-refractivity contribution is 7.14. The number of para-hydroxylation sites is 1. The first-order valence-electron chi connectivity index (χ1n) is 8.07. The van der Waals surface area contributed by atoms with Gasteiger partial charge in [-0.15, -0.1) is 11.3 Å². The van der Waals surface area contributed by atoms with Crippen molar-refractivity contribution in [1.29, 1.82) is 0 Å². The van der Waals surface area contributed by atoms with Crippen LogP contribution >= 0.6 is 11.3 Å². The standard InChI is InChI=1S/C19H20N4OS/c1-14(12-15-8-10-20-11-9-15)21-18(24)17-13-25-19(22-17)23(2)16-6-4-3-5-7-16/h3-11,13-14H,12H2,1-2H3,(H,21,24). The van der Waals surface area contributed by atoms with Gasteiger partial charge in [-0.05, 0) is 43.2 Å². The summed E-state index contributed by atoms with van der Waals surface area (Å²) in [6, 6.07) is 13.9. The maximum Gasteiger partial charge on any atom is 0.271 e. The molecule has 0 fully saturated rings. The van der Waals surface area contributed by atoms with Crippen LogP contribution in [0.4, 0.5) is 10.8 Å². The van der Waals surface area contributed by atoms with E-state index in [0.717, 1.165) is 22.8 Å². The van der Waals surface area contributed by atoms with Crippen LogP contribution in [-0.2, 0) is 6.42 Å². The lowest BCUT2D eigenvalue weighted by Crippen LogP contribution is -2.34. The lowest BCUT2D eigenvalue weighted by Gasteiger charge is -2.15. The Hall–Kier alpha value is -2.73. The molecule has 1 aromatic carbocycles. The van der Waals surface area contributed by atoms with Crippen LogP contribution in [-0.4, -0.2) is 29.0 Å². The summed E-state index contributed by atoms with van der Waals surface area (Å²) in [5.74, 6) is -0.148. The number of thiazole rings is 1. The Morgan fingerprint density at radius 2 is 1.92 bits per heavy atom. The molecule has 5 nitrogen and oxygen atoms in total. The first-order chi connectivity index (χ1) is 12.1. The fourth-order valence-corrected chi connectivity index (χ4v) is 3.30. The molecule has 6 heteroatoms. The molecule has 0 saturated heterocycles. The quantitative estimate of drug-likeness (QED) is 0.735. The van der Waals surface area contributed by atoms with Crippen molar-refractivity contribution in [2.24, 2.45) is 0 Å². The highest BCUT2D eigenvalue weighted by atomic mass is 32.1. The van der Waals surface area contributed by atoms with Crippen molar-refractivity contribution in [2.75, 3.05) is 11.9 Å². The van der Waals surface area contributed by atoms with E-state index in [1.807, 2.05) is 61.3 Å². The van der Waals surface area contributed by atoms with Gasteiger partial charge in [0.1, 0.15) is 5.69 Å². The van der Waals surface area contributed by atoms with E-state index in [0.29, 0.717) is 5.69 Å². The number of pyridine rings is 1. The fraction of sp³-hybridized carbons (Fsp3) is 0.211. The lowest BCUT2D eigenvalue weighted by molar-refractivity contribution is 0.0936. The molecule has 1 N–H and O–H groups in total. The van der Waals surface area contributed by atoms with Crippen molar-refractivity contribution in [3.05, 3.63) is 71.5 Å². The number of nitrogens with zero attached hydrogens (tertiary/aromatic N) is 3. The van der Waals surface area contributed by atoms with Crippen LogP contribution in [0.25, 0.3) is 0 Å². The molecule has 0 aliphatic carbocycles. The van der Waals surface area contributed by atoms with E-state index in [-0.39, 0.29) is 11.9 Å². The zero-order chi connectivity index (χ0) is 17.6. The molecule has 1 unspecified atom stereocenters. The second-order valence-electron chi connectivity index (χ2n) is 5.84. The van der Waals surface area contributed by atoms with E-state index in [9.17, 15) is 4.79 Å². The number of nitrogens with one attached hydrogen (secondary N) is 1. The molecular weight excluding hydrogens is 332 g/mol. The highest BCUT2D eigenvalue weighted by Gasteiger charge is 2.16. The number of hydrogen-bond donors (Lipinski definition) is 1. The summed E-state index contributed by atoms with van der Waals surface area (Å²) in [5, 5.41) is 5.59.